The number of aromatic amines is 1. The van der Waals surface area contributed by atoms with Crippen LogP contribution in [-0.2, 0) is 22.6 Å². The molecule has 0 spiro atoms. The second-order valence-corrected chi connectivity index (χ2v) is 9.13. The maximum Gasteiger partial charge on any atom is 0.327 e. The van der Waals surface area contributed by atoms with Crippen LogP contribution in [0.15, 0.2) is 23.0 Å². The minimum Gasteiger partial charge on any atom is -0.465 e. The SMILES string of the molecule is CCOC(=O)Cn1nnnc1C(CC)N(Cc1cc2ccc(C)c(C)c2[nH]c1=O)C1CCCC1. The smallest absolute Gasteiger partial charge is 0.327 e. The second kappa shape index (κ2) is 10.5. The maximum atomic E-state index is 13.1. The van der Waals surface area contributed by atoms with Crippen molar-refractivity contribution >= 4 is 16.9 Å². The maximum absolute atomic E-state index is 13.1. The summed E-state index contributed by atoms with van der Waals surface area (Å²) in [5.41, 5.74) is 3.81. The van der Waals surface area contributed by atoms with Gasteiger partial charge in [-0.15, -0.1) is 5.10 Å². The van der Waals surface area contributed by atoms with Gasteiger partial charge in [0, 0.05) is 18.2 Å². The van der Waals surface area contributed by atoms with Crippen molar-refractivity contribution in [2.45, 2.75) is 85.0 Å². The van der Waals surface area contributed by atoms with Crippen LogP contribution in [0.4, 0.5) is 0 Å². The normalized spacial score (nSPS) is 15.3. The first-order chi connectivity index (χ1) is 16.4. The molecule has 1 aliphatic carbocycles. The van der Waals surface area contributed by atoms with E-state index in [1.165, 1.54) is 4.68 Å². The third-order valence-corrected chi connectivity index (χ3v) is 7.00. The third-order valence-electron chi connectivity index (χ3n) is 7.00. The van der Waals surface area contributed by atoms with E-state index < -0.39 is 0 Å². The summed E-state index contributed by atoms with van der Waals surface area (Å²) < 4.78 is 6.63. The zero-order chi connectivity index (χ0) is 24.2. The van der Waals surface area contributed by atoms with Crippen LogP contribution in [0.3, 0.4) is 0 Å². The van der Waals surface area contributed by atoms with Gasteiger partial charge in [0.15, 0.2) is 5.82 Å². The van der Waals surface area contributed by atoms with Gasteiger partial charge >= 0.3 is 5.97 Å². The second-order valence-electron chi connectivity index (χ2n) is 9.13. The van der Waals surface area contributed by atoms with Gasteiger partial charge in [-0.3, -0.25) is 14.5 Å². The Bertz CT molecular complexity index is 1210. The van der Waals surface area contributed by atoms with Gasteiger partial charge in [-0.25, -0.2) is 4.68 Å². The number of H-pyrrole nitrogens is 1. The van der Waals surface area contributed by atoms with Gasteiger partial charge in [0.1, 0.15) is 6.54 Å². The lowest BCUT2D eigenvalue weighted by Crippen LogP contribution is -2.39. The lowest BCUT2D eigenvalue weighted by Gasteiger charge is -2.35. The van der Waals surface area contributed by atoms with Gasteiger partial charge < -0.3 is 9.72 Å². The highest BCUT2D eigenvalue weighted by Gasteiger charge is 2.33. The number of fused-ring (bicyclic) bond motifs is 1. The summed E-state index contributed by atoms with van der Waals surface area (Å²) in [5.74, 6) is 0.265. The van der Waals surface area contributed by atoms with Crippen molar-refractivity contribution in [3.8, 4) is 0 Å². The number of carbonyl (C=O) groups is 1. The van der Waals surface area contributed by atoms with Crippen molar-refractivity contribution in [1.29, 1.82) is 0 Å². The molecule has 1 aromatic carbocycles. The Balaban J connectivity index is 1.70. The van der Waals surface area contributed by atoms with E-state index in [-0.39, 0.29) is 24.1 Å². The zero-order valence-electron chi connectivity index (χ0n) is 20.5. The zero-order valence-corrected chi connectivity index (χ0v) is 20.5. The van der Waals surface area contributed by atoms with Crippen LogP contribution in [-0.4, -0.2) is 48.7 Å². The Morgan fingerprint density at radius 2 is 2.03 bits per heavy atom. The number of carbonyl (C=O) groups excluding carboxylic acids is 1. The molecule has 2 aromatic heterocycles. The molecule has 1 atom stereocenters. The Labute approximate surface area is 199 Å². The topological polar surface area (TPSA) is 106 Å². The van der Waals surface area contributed by atoms with Crippen LogP contribution < -0.4 is 5.56 Å². The Hall–Kier alpha value is -3.07. The van der Waals surface area contributed by atoms with E-state index in [0.717, 1.165) is 59.7 Å². The van der Waals surface area contributed by atoms with Gasteiger partial charge in [0.2, 0.25) is 0 Å². The van der Waals surface area contributed by atoms with Gasteiger partial charge in [0.25, 0.3) is 5.56 Å². The van der Waals surface area contributed by atoms with Crippen LogP contribution in [0.25, 0.3) is 10.9 Å². The predicted octanol–water partition coefficient (Wildman–Crippen LogP) is 3.59. The van der Waals surface area contributed by atoms with Crippen molar-refractivity contribution in [2.75, 3.05) is 6.61 Å². The van der Waals surface area contributed by atoms with Crippen molar-refractivity contribution in [2.24, 2.45) is 0 Å². The molecule has 9 heteroatoms. The Kier molecular flexibility index (Phi) is 7.41. The molecule has 1 saturated carbocycles. The van der Waals surface area contributed by atoms with Gasteiger partial charge in [-0.05, 0) is 73.0 Å². The number of hydrogen-bond donors (Lipinski definition) is 1. The van der Waals surface area contributed by atoms with Crippen LogP contribution in [0, 0.1) is 13.8 Å². The number of aromatic nitrogens is 5. The summed E-state index contributed by atoms with van der Waals surface area (Å²) >= 11 is 0. The van der Waals surface area contributed by atoms with Crippen molar-refractivity contribution in [3.63, 3.8) is 0 Å². The summed E-state index contributed by atoms with van der Waals surface area (Å²) in [6.07, 6.45) is 5.22. The molecule has 9 nitrogen and oxygen atoms in total. The van der Waals surface area contributed by atoms with E-state index in [0.29, 0.717) is 25.0 Å². The first-order valence-corrected chi connectivity index (χ1v) is 12.2. The standard InChI is InChI=1S/C25H34N6O3/c1-5-21(24-27-28-29-31(24)15-22(32)34-6-2)30(20-9-7-8-10-20)14-19-13-18-12-11-16(3)17(4)23(18)26-25(19)33/h11-13,20-21H,5-10,14-15H2,1-4H3,(H,26,33). The van der Waals surface area contributed by atoms with E-state index in [9.17, 15) is 9.59 Å². The van der Waals surface area contributed by atoms with E-state index in [1.807, 2.05) is 13.0 Å². The van der Waals surface area contributed by atoms with E-state index in [2.05, 4.69) is 51.4 Å². The number of pyridine rings is 1. The fourth-order valence-electron chi connectivity index (χ4n) is 5.07. The number of esters is 1. The highest BCUT2D eigenvalue weighted by molar-refractivity contribution is 5.83. The summed E-state index contributed by atoms with van der Waals surface area (Å²) in [6, 6.07) is 6.37. The summed E-state index contributed by atoms with van der Waals surface area (Å²) in [6.45, 7) is 8.73. The van der Waals surface area contributed by atoms with Crippen LogP contribution >= 0.6 is 0 Å². The minimum atomic E-state index is -0.366. The van der Waals surface area contributed by atoms with E-state index in [1.54, 1.807) is 6.92 Å². The number of aryl methyl sites for hydroxylation is 2. The number of nitrogens with one attached hydrogen (secondary N) is 1. The van der Waals surface area contributed by atoms with Crippen molar-refractivity contribution in [1.82, 2.24) is 30.1 Å². The number of rotatable bonds is 9. The molecular weight excluding hydrogens is 432 g/mol. The molecular formula is C25H34N6O3. The Morgan fingerprint density at radius 3 is 2.74 bits per heavy atom. The summed E-state index contributed by atoms with van der Waals surface area (Å²) in [4.78, 5) is 30.7. The average molecular weight is 467 g/mol. The lowest BCUT2D eigenvalue weighted by atomic mass is 10.0. The molecule has 0 aliphatic heterocycles. The molecule has 1 unspecified atom stereocenters. The molecule has 34 heavy (non-hydrogen) atoms. The van der Waals surface area contributed by atoms with Gasteiger partial charge in [0.05, 0.1) is 18.2 Å². The fourth-order valence-corrected chi connectivity index (χ4v) is 5.07. The van der Waals surface area contributed by atoms with Gasteiger partial charge in [-0.1, -0.05) is 31.9 Å². The molecule has 4 rings (SSSR count). The molecule has 3 aromatic rings. The largest absolute Gasteiger partial charge is 0.465 e. The fraction of sp³-hybridized carbons (Fsp3) is 0.560. The molecule has 2 heterocycles. The predicted molar refractivity (Wildman–Crippen MR) is 129 cm³/mol. The lowest BCUT2D eigenvalue weighted by molar-refractivity contribution is -0.144. The average Bonchev–Trinajstić information content (AvgIpc) is 3.50. The van der Waals surface area contributed by atoms with E-state index >= 15 is 0 Å². The summed E-state index contributed by atoms with van der Waals surface area (Å²) in [7, 11) is 0. The van der Waals surface area contributed by atoms with Crippen LogP contribution in [0.2, 0.25) is 0 Å². The first kappa shape index (κ1) is 24.1. The minimum absolute atomic E-state index is 0.0274. The molecule has 1 aliphatic rings. The molecule has 0 bridgehead atoms. The molecule has 1 N–H and O–H groups in total. The Morgan fingerprint density at radius 1 is 1.26 bits per heavy atom. The number of nitrogens with zero attached hydrogens (tertiary/aromatic N) is 5. The number of ether oxygens (including phenoxy) is 1. The van der Waals surface area contributed by atoms with E-state index in [4.69, 9.17) is 4.74 Å². The molecule has 0 amide bonds. The number of tetrazole rings is 1. The third kappa shape index (κ3) is 4.89. The summed E-state index contributed by atoms with van der Waals surface area (Å²) in [5, 5.41) is 13.2. The number of benzene rings is 1. The molecule has 1 fully saturated rings. The highest BCUT2D eigenvalue weighted by Crippen LogP contribution is 2.33. The molecule has 182 valence electrons. The quantitative estimate of drug-likeness (QED) is 0.480. The van der Waals surface area contributed by atoms with Crippen LogP contribution in [0.5, 0.6) is 0 Å². The molecule has 0 saturated heterocycles. The van der Waals surface area contributed by atoms with Crippen molar-refractivity contribution in [3.05, 3.63) is 51.1 Å². The van der Waals surface area contributed by atoms with Crippen molar-refractivity contribution < 1.29 is 9.53 Å². The number of hydrogen-bond acceptors (Lipinski definition) is 7. The van der Waals surface area contributed by atoms with Crippen LogP contribution in [0.1, 0.15) is 74.5 Å². The monoisotopic (exact) mass is 466 g/mol. The molecule has 0 radical (unpaired) electrons. The highest BCUT2D eigenvalue weighted by atomic mass is 16.5. The first-order valence-electron chi connectivity index (χ1n) is 12.2. The van der Waals surface area contributed by atoms with Gasteiger partial charge in [-0.2, -0.15) is 0 Å².